The Kier molecular flexibility index (Phi) is 8.53. The van der Waals surface area contributed by atoms with E-state index in [9.17, 15) is 0 Å². The van der Waals surface area contributed by atoms with Gasteiger partial charge in [-0.2, -0.15) is 5.10 Å². The first-order chi connectivity index (χ1) is 10.3. The van der Waals surface area contributed by atoms with Gasteiger partial charge in [0.05, 0.1) is 33.1 Å². The van der Waals surface area contributed by atoms with Gasteiger partial charge in [0.2, 0.25) is 5.96 Å². The van der Waals surface area contributed by atoms with Crippen molar-refractivity contribution in [2.24, 2.45) is 21.7 Å². The second-order valence-electron chi connectivity index (χ2n) is 3.73. The zero-order valence-corrected chi connectivity index (χ0v) is 12.9. The van der Waals surface area contributed by atoms with Crippen molar-refractivity contribution in [1.82, 2.24) is 0 Å². The molecule has 0 saturated heterocycles. The summed E-state index contributed by atoms with van der Waals surface area (Å²) in [5.74, 6) is 0.738. The van der Waals surface area contributed by atoms with Crippen LogP contribution in [0.1, 0.15) is 12.5 Å². The molecule has 0 aliphatic carbocycles. The van der Waals surface area contributed by atoms with E-state index < -0.39 is 5.97 Å². The highest BCUT2D eigenvalue weighted by Gasteiger charge is 2.11. The van der Waals surface area contributed by atoms with Crippen molar-refractivity contribution in [3.63, 3.8) is 0 Å². The number of rotatable bonds is 5. The van der Waals surface area contributed by atoms with Gasteiger partial charge in [-0.1, -0.05) is 0 Å². The lowest BCUT2D eigenvalue weighted by Gasteiger charge is -2.11. The first-order valence-electron chi connectivity index (χ1n) is 5.97. The van der Waals surface area contributed by atoms with Gasteiger partial charge in [0, 0.05) is 19.1 Å². The molecule has 9 heteroatoms. The quantitative estimate of drug-likeness (QED) is 0.406. The van der Waals surface area contributed by atoms with Crippen LogP contribution in [0.25, 0.3) is 0 Å². The minimum absolute atomic E-state index is 0.127. The molecule has 0 radical (unpaired) electrons. The fourth-order valence-corrected chi connectivity index (χ4v) is 1.31. The van der Waals surface area contributed by atoms with E-state index in [0.29, 0.717) is 22.8 Å². The zero-order chi connectivity index (χ0) is 17.1. The van der Waals surface area contributed by atoms with E-state index in [1.807, 2.05) is 0 Å². The maximum Gasteiger partial charge on any atom is 0.300 e. The standard InChI is InChI=1S/C11H16N4O3.C2H4O2/c1-16-7-4-9(17-2)8(10(5-7)18-3)6-14-15-11(12)13;1-2(3)4/h4-6H,1-3H3,(H4,12,13,15);1H3,(H,3,4). The SMILES string of the molecule is CC(=O)O.COc1cc(OC)c(C=NN=C(N)N)c(OC)c1. The van der Waals surface area contributed by atoms with Crippen LogP contribution in [0.2, 0.25) is 0 Å². The van der Waals surface area contributed by atoms with Crippen LogP contribution in [0, 0.1) is 0 Å². The Hall–Kier alpha value is -2.97. The van der Waals surface area contributed by atoms with Crippen LogP contribution in [-0.2, 0) is 4.79 Å². The van der Waals surface area contributed by atoms with E-state index in [2.05, 4.69) is 10.2 Å². The molecule has 1 rings (SSSR count). The van der Waals surface area contributed by atoms with Crippen molar-refractivity contribution in [3.05, 3.63) is 17.7 Å². The van der Waals surface area contributed by atoms with Crippen LogP contribution in [0.15, 0.2) is 22.3 Å². The molecule has 0 unspecified atom stereocenters. The Balaban J connectivity index is 0.000000980. The number of hydrogen-bond acceptors (Lipinski definition) is 6. The molecule has 122 valence electrons. The number of methoxy groups -OCH3 is 3. The van der Waals surface area contributed by atoms with Crippen molar-refractivity contribution < 1.29 is 24.1 Å². The maximum absolute atomic E-state index is 9.00. The van der Waals surface area contributed by atoms with Gasteiger partial charge < -0.3 is 30.8 Å². The lowest BCUT2D eigenvalue weighted by molar-refractivity contribution is -0.134. The van der Waals surface area contributed by atoms with Crippen LogP contribution in [0.3, 0.4) is 0 Å². The lowest BCUT2D eigenvalue weighted by atomic mass is 10.2. The summed E-state index contributed by atoms with van der Waals surface area (Å²) < 4.78 is 15.6. The van der Waals surface area contributed by atoms with E-state index in [0.717, 1.165) is 6.92 Å². The number of aliphatic carboxylic acids is 1. The van der Waals surface area contributed by atoms with E-state index in [1.165, 1.54) is 20.4 Å². The summed E-state index contributed by atoms with van der Waals surface area (Å²) in [5.41, 5.74) is 11.0. The van der Waals surface area contributed by atoms with E-state index >= 15 is 0 Å². The normalized spacial score (nSPS) is 9.45. The van der Waals surface area contributed by atoms with Gasteiger partial charge in [-0.3, -0.25) is 4.79 Å². The minimum atomic E-state index is -0.833. The third kappa shape index (κ3) is 6.98. The molecule has 0 fully saturated rings. The molecular weight excluding hydrogens is 292 g/mol. The molecule has 0 spiro atoms. The number of carboxylic acid groups (broad SMARTS) is 1. The second-order valence-corrected chi connectivity index (χ2v) is 3.73. The summed E-state index contributed by atoms with van der Waals surface area (Å²) in [6, 6.07) is 3.42. The molecule has 0 bridgehead atoms. The molecule has 0 amide bonds. The summed E-state index contributed by atoms with van der Waals surface area (Å²) >= 11 is 0. The van der Waals surface area contributed by atoms with Crippen molar-refractivity contribution in [2.75, 3.05) is 21.3 Å². The van der Waals surface area contributed by atoms with Crippen LogP contribution in [0.4, 0.5) is 0 Å². The molecular formula is C13H20N4O5. The monoisotopic (exact) mass is 312 g/mol. The molecule has 1 aromatic carbocycles. The zero-order valence-electron chi connectivity index (χ0n) is 12.9. The Morgan fingerprint density at radius 2 is 1.59 bits per heavy atom. The Labute approximate surface area is 128 Å². The molecule has 5 N–H and O–H groups in total. The average Bonchev–Trinajstić information content (AvgIpc) is 2.46. The third-order valence-corrected chi connectivity index (χ3v) is 2.11. The van der Waals surface area contributed by atoms with Crippen molar-refractivity contribution in [3.8, 4) is 17.2 Å². The Morgan fingerprint density at radius 3 is 1.91 bits per heavy atom. The van der Waals surface area contributed by atoms with E-state index in [1.54, 1.807) is 19.2 Å². The summed E-state index contributed by atoms with van der Waals surface area (Å²) in [4.78, 5) is 9.00. The predicted octanol–water partition coefficient (Wildman–Crippen LogP) is 0.411. The molecule has 0 aliphatic heterocycles. The first-order valence-corrected chi connectivity index (χ1v) is 5.97. The summed E-state index contributed by atoms with van der Waals surface area (Å²) in [7, 11) is 4.62. The number of carbonyl (C=O) groups is 1. The molecule has 22 heavy (non-hydrogen) atoms. The molecule has 9 nitrogen and oxygen atoms in total. The number of hydrogen-bond donors (Lipinski definition) is 3. The largest absolute Gasteiger partial charge is 0.496 e. The van der Waals surface area contributed by atoms with Crippen LogP contribution < -0.4 is 25.7 Å². The fraction of sp³-hybridized carbons (Fsp3) is 0.308. The fourth-order valence-electron chi connectivity index (χ4n) is 1.31. The van der Waals surface area contributed by atoms with Gasteiger partial charge >= 0.3 is 0 Å². The smallest absolute Gasteiger partial charge is 0.300 e. The highest BCUT2D eigenvalue weighted by atomic mass is 16.5. The number of carboxylic acids is 1. The van der Waals surface area contributed by atoms with E-state index in [-0.39, 0.29) is 5.96 Å². The summed E-state index contributed by atoms with van der Waals surface area (Å²) in [6.07, 6.45) is 1.44. The highest BCUT2D eigenvalue weighted by molar-refractivity contribution is 5.88. The van der Waals surface area contributed by atoms with Gasteiger partial charge in [-0.15, -0.1) is 5.10 Å². The van der Waals surface area contributed by atoms with Crippen LogP contribution >= 0.6 is 0 Å². The maximum atomic E-state index is 9.00. The van der Waals surface area contributed by atoms with Crippen LogP contribution in [-0.4, -0.2) is 44.6 Å². The van der Waals surface area contributed by atoms with Crippen molar-refractivity contribution >= 4 is 18.1 Å². The van der Waals surface area contributed by atoms with Crippen molar-refractivity contribution in [2.45, 2.75) is 6.92 Å². The molecule has 0 aliphatic rings. The van der Waals surface area contributed by atoms with Crippen molar-refractivity contribution in [1.29, 1.82) is 0 Å². The molecule has 0 saturated carbocycles. The number of ether oxygens (including phenoxy) is 3. The predicted molar refractivity (Wildman–Crippen MR) is 82.8 cm³/mol. The number of nitrogens with zero attached hydrogens (tertiary/aromatic N) is 2. The number of guanidine groups is 1. The van der Waals surface area contributed by atoms with Gasteiger partial charge in [0.15, 0.2) is 0 Å². The highest BCUT2D eigenvalue weighted by Crippen LogP contribution is 2.32. The Morgan fingerprint density at radius 1 is 1.14 bits per heavy atom. The Bertz CT molecular complexity index is 524. The molecule has 1 aromatic rings. The van der Waals surface area contributed by atoms with Gasteiger partial charge in [0.25, 0.3) is 5.97 Å². The van der Waals surface area contributed by atoms with Gasteiger partial charge in [0.1, 0.15) is 17.2 Å². The van der Waals surface area contributed by atoms with Gasteiger partial charge in [-0.05, 0) is 0 Å². The lowest BCUT2D eigenvalue weighted by Crippen LogP contribution is -2.21. The number of nitrogens with two attached hydrogens (primary N) is 2. The molecule has 0 aromatic heterocycles. The topological polar surface area (TPSA) is 142 Å². The van der Waals surface area contributed by atoms with Gasteiger partial charge in [-0.25, -0.2) is 0 Å². The summed E-state index contributed by atoms with van der Waals surface area (Å²) in [5, 5.41) is 14.7. The third-order valence-electron chi connectivity index (χ3n) is 2.11. The number of benzene rings is 1. The minimum Gasteiger partial charge on any atom is -0.496 e. The summed E-state index contributed by atoms with van der Waals surface area (Å²) in [6.45, 7) is 1.08. The van der Waals surface area contributed by atoms with Crippen LogP contribution in [0.5, 0.6) is 17.2 Å². The first kappa shape index (κ1) is 19.0. The molecule has 0 atom stereocenters. The molecule has 0 heterocycles. The second kappa shape index (κ2) is 9.86. The average molecular weight is 312 g/mol. The van der Waals surface area contributed by atoms with E-state index in [4.69, 9.17) is 35.6 Å².